The predicted octanol–water partition coefficient (Wildman–Crippen LogP) is 0.395. The third-order valence-corrected chi connectivity index (χ3v) is 2.65. The van der Waals surface area contributed by atoms with Crippen LogP contribution in [-0.4, -0.2) is 60.3 Å². The van der Waals surface area contributed by atoms with E-state index in [4.69, 9.17) is 0 Å². The van der Waals surface area contributed by atoms with Gasteiger partial charge in [0.25, 0.3) is 0 Å². The van der Waals surface area contributed by atoms with Crippen LogP contribution in [0.15, 0.2) is 0 Å². The topological polar surface area (TPSA) is 26.7 Å². The maximum atomic E-state index is 9.26. The average molecular weight is 186 g/mol. The van der Waals surface area contributed by atoms with Crippen molar-refractivity contribution in [3.63, 3.8) is 0 Å². The van der Waals surface area contributed by atoms with E-state index in [0.29, 0.717) is 0 Å². The molecular formula is C10H22N2O. The summed E-state index contributed by atoms with van der Waals surface area (Å²) in [6.45, 7) is 10.7. The lowest BCUT2D eigenvalue weighted by atomic mass is 10.3. The van der Waals surface area contributed by atoms with Crippen LogP contribution in [-0.2, 0) is 0 Å². The second kappa shape index (κ2) is 5.58. The van der Waals surface area contributed by atoms with Gasteiger partial charge in [-0.25, -0.2) is 0 Å². The van der Waals surface area contributed by atoms with Crippen molar-refractivity contribution in [2.45, 2.75) is 26.4 Å². The molecule has 3 heteroatoms. The Labute approximate surface area is 81.3 Å². The smallest absolute Gasteiger partial charge is 0.0639 e. The van der Waals surface area contributed by atoms with Crippen LogP contribution in [0.2, 0.25) is 0 Å². The highest BCUT2D eigenvalue weighted by Crippen LogP contribution is 2.03. The third kappa shape index (κ3) is 4.07. The molecule has 1 N–H and O–H groups in total. The molecule has 3 nitrogen and oxygen atoms in total. The van der Waals surface area contributed by atoms with Gasteiger partial charge in [0, 0.05) is 19.6 Å². The zero-order chi connectivity index (χ0) is 9.68. The van der Waals surface area contributed by atoms with Crippen LogP contribution in [0.3, 0.4) is 0 Å². The minimum absolute atomic E-state index is 0.187. The minimum Gasteiger partial charge on any atom is -0.392 e. The maximum Gasteiger partial charge on any atom is 0.0639 e. The summed E-state index contributed by atoms with van der Waals surface area (Å²) in [5, 5.41) is 9.26. The molecule has 0 bridgehead atoms. The zero-order valence-electron chi connectivity index (χ0n) is 8.87. The van der Waals surface area contributed by atoms with Crippen LogP contribution < -0.4 is 0 Å². The number of aliphatic hydroxyl groups excluding tert-OH is 1. The summed E-state index contributed by atoms with van der Waals surface area (Å²) in [6.07, 6.45) is 1.05. The molecule has 0 unspecified atom stereocenters. The standard InChI is InChI=1S/C10H22N2O/c1-3-11-5-4-6-12(8-7-11)9-10(2)13/h10,13H,3-9H2,1-2H3/t10-/m0/s1. The van der Waals surface area contributed by atoms with Gasteiger partial charge in [-0.15, -0.1) is 0 Å². The van der Waals surface area contributed by atoms with Gasteiger partial charge in [0.2, 0.25) is 0 Å². The Bertz CT molecular complexity index is 139. The maximum absolute atomic E-state index is 9.26. The molecule has 1 aliphatic rings. The van der Waals surface area contributed by atoms with Crippen molar-refractivity contribution in [1.82, 2.24) is 9.80 Å². The van der Waals surface area contributed by atoms with Gasteiger partial charge in [-0.3, -0.25) is 4.90 Å². The van der Waals surface area contributed by atoms with Crippen molar-refractivity contribution in [2.75, 3.05) is 39.3 Å². The molecule has 1 heterocycles. The van der Waals surface area contributed by atoms with Crippen molar-refractivity contribution < 1.29 is 5.11 Å². The highest BCUT2D eigenvalue weighted by Gasteiger charge is 2.14. The summed E-state index contributed by atoms with van der Waals surface area (Å²) in [4.78, 5) is 4.84. The van der Waals surface area contributed by atoms with Crippen molar-refractivity contribution in [2.24, 2.45) is 0 Å². The summed E-state index contributed by atoms with van der Waals surface area (Å²) in [6, 6.07) is 0. The van der Waals surface area contributed by atoms with Crippen LogP contribution in [0.1, 0.15) is 20.3 Å². The highest BCUT2D eigenvalue weighted by atomic mass is 16.3. The summed E-state index contributed by atoms with van der Waals surface area (Å²) in [5.74, 6) is 0. The van der Waals surface area contributed by atoms with Crippen molar-refractivity contribution >= 4 is 0 Å². The molecule has 0 aliphatic carbocycles. The van der Waals surface area contributed by atoms with E-state index in [9.17, 15) is 5.11 Å². The first-order valence-electron chi connectivity index (χ1n) is 5.35. The van der Waals surface area contributed by atoms with Crippen molar-refractivity contribution in [1.29, 1.82) is 0 Å². The first-order chi connectivity index (χ1) is 6.22. The third-order valence-electron chi connectivity index (χ3n) is 2.65. The van der Waals surface area contributed by atoms with Crippen LogP contribution in [0.5, 0.6) is 0 Å². The van der Waals surface area contributed by atoms with Gasteiger partial charge in [0.15, 0.2) is 0 Å². The highest BCUT2D eigenvalue weighted by molar-refractivity contribution is 4.69. The Kier molecular flexibility index (Phi) is 4.70. The van der Waals surface area contributed by atoms with Gasteiger partial charge in [0.1, 0.15) is 0 Å². The first-order valence-corrected chi connectivity index (χ1v) is 5.35. The van der Waals surface area contributed by atoms with Gasteiger partial charge in [-0.1, -0.05) is 6.92 Å². The summed E-state index contributed by atoms with van der Waals surface area (Å²) in [7, 11) is 0. The number of likely N-dealkylation sites (N-methyl/N-ethyl adjacent to an activating group) is 1. The molecule has 1 atom stereocenters. The molecular weight excluding hydrogens is 164 g/mol. The Morgan fingerprint density at radius 2 is 1.77 bits per heavy atom. The lowest BCUT2D eigenvalue weighted by Gasteiger charge is -2.21. The minimum atomic E-state index is -0.187. The van der Waals surface area contributed by atoms with E-state index in [1.54, 1.807) is 0 Å². The Hall–Kier alpha value is -0.120. The van der Waals surface area contributed by atoms with Crippen LogP contribution >= 0.6 is 0 Å². The quantitative estimate of drug-likeness (QED) is 0.691. The SMILES string of the molecule is CCN1CCCN(C[C@H](C)O)CC1. The molecule has 0 spiro atoms. The van der Waals surface area contributed by atoms with Gasteiger partial charge in [0.05, 0.1) is 6.10 Å². The van der Waals surface area contributed by atoms with Gasteiger partial charge in [-0.2, -0.15) is 0 Å². The molecule has 0 saturated carbocycles. The molecule has 0 radical (unpaired) electrons. The first kappa shape index (κ1) is 11.0. The number of hydrogen-bond donors (Lipinski definition) is 1. The molecule has 0 aromatic heterocycles. The lowest BCUT2D eigenvalue weighted by Crippen LogP contribution is -2.34. The fourth-order valence-electron chi connectivity index (χ4n) is 1.90. The molecule has 78 valence electrons. The Morgan fingerprint density at radius 3 is 2.38 bits per heavy atom. The molecule has 1 rings (SSSR count). The molecule has 0 amide bonds. The number of hydrogen-bond acceptors (Lipinski definition) is 3. The second-order valence-electron chi connectivity index (χ2n) is 3.94. The van der Waals surface area contributed by atoms with Crippen LogP contribution in [0.25, 0.3) is 0 Å². The fraction of sp³-hybridized carbons (Fsp3) is 1.00. The van der Waals surface area contributed by atoms with Gasteiger partial charge in [-0.05, 0) is 33.0 Å². The number of nitrogens with zero attached hydrogens (tertiary/aromatic N) is 2. The zero-order valence-corrected chi connectivity index (χ0v) is 8.87. The van der Waals surface area contributed by atoms with E-state index < -0.39 is 0 Å². The molecule has 0 aromatic rings. The van der Waals surface area contributed by atoms with Crippen LogP contribution in [0, 0.1) is 0 Å². The second-order valence-corrected chi connectivity index (χ2v) is 3.94. The fourth-order valence-corrected chi connectivity index (χ4v) is 1.90. The molecule has 1 aliphatic heterocycles. The Balaban J connectivity index is 2.27. The van der Waals surface area contributed by atoms with E-state index in [-0.39, 0.29) is 6.10 Å². The summed E-state index contributed by atoms with van der Waals surface area (Å²) < 4.78 is 0. The van der Waals surface area contributed by atoms with E-state index >= 15 is 0 Å². The monoisotopic (exact) mass is 186 g/mol. The van der Waals surface area contributed by atoms with E-state index in [1.807, 2.05) is 6.92 Å². The van der Waals surface area contributed by atoms with E-state index in [0.717, 1.165) is 32.7 Å². The van der Waals surface area contributed by atoms with E-state index in [2.05, 4.69) is 16.7 Å². The molecule has 13 heavy (non-hydrogen) atoms. The van der Waals surface area contributed by atoms with Crippen molar-refractivity contribution in [3.8, 4) is 0 Å². The number of β-amino-alcohol motifs (C(OH)–C–C–N with tert-alkyl or cyclic N) is 1. The van der Waals surface area contributed by atoms with Gasteiger partial charge < -0.3 is 10.0 Å². The number of aliphatic hydroxyl groups is 1. The predicted molar refractivity (Wildman–Crippen MR) is 54.9 cm³/mol. The summed E-state index contributed by atoms with van der Waals surface area (Å²) >= 11 is 0. The molecule has 0 aromatic carbocycles. The van der Waals surface area contributed by atoms with Gasteiger partial charge >= 0.3 is 0 Å². The normalized spacial score (nSPS) is 24.2. The van der Waals surface area contributed by atoms with E-state index in [1.165, 1.54) is 13.0 Å². The molecule has 1 saturated heterocycles. The largest absolute Gasteiger partial charge is 0.392 e. The molecule has 1 fully saturated rings. The average Bonchev–Trinajstić information content (AvgIpc) is 2.29. The summed E-state index contributed by atoms with van der Waals surface area (Å²) in [5.41, 5.74) is 0. The van der Waals surface area contributed by atoms with Crippen molar-refractivity contribution in [3.05, 3.63) is 0 Å². The Morgan fingerprint density at radius 1 is 1.15 bits per heavy atom. The van der Waals surface area contributed by atoms with Crippen LogP contribution in [0.4, 0.5) is 0 Å². The lowest BCUT2D eigenvalue weighted by molar-refractivity contribution is 0.128. The number of rotatable bonds is 3.